The summed E-state index contributed by atoms with van der Waals surface area (Å²) < 4.78 is 7.16. The van der Waals surface area contributed by atoms with Crippen molar-refractivity contribution in [1.82, 2.24) is 9.13 Å². The molecule has 3 unspecified atom stereocenters. The van der Waals surface area contributed by atoms with Crippen molar-refractivity contribution in [1.29, 1.82) is 0 Å². The standard InChI is InChI=1S/C18H20N2O6/c1-10-3-5-12(6-4-10)17(24)20-16(23)11(2)8-19(18(20)25)15-7-13(22)14(9-21)26-15/h3-6,8,13-15,21-22H,7,9H2,1-2H3. The van der Waals surface area contributed by atoms with Crippen LogP contribution in [0.4, 0.5) is 0 Å². The summed E-state index contributed by atoms with van der Waals surface area (Å²) in [4.78, 5) is 37.9. The molecule has 3 atom stereocenters. The van der Waals surface area contributed by atoms with Crippen molar-refractivity contribution < 1.29 is 19.7 Å². The molecule has 0 aliphatic carbocycles. The molecule has 138 valence electrons. The molecule has 8 heteroatoms. The van der Waals surface area contributed by atoms with Crippen molar-refractivity contribution in [2.24, 2.45) is 0 Å². The minimum absolute atomic E-state index is 0.0709. The maximum Gasteiger partial charge on any atom is 0.340 e. The van der Waals surface area contributed by atoms with Gasteiger partial charge in [-0.3, -0.25) is 14.2 Å². The smallest absolute Gasteiger partial charge is 0.340 e. The second-order valence-corrected chi connectivity index (χ2v) is 6.43. The van der Waals surface area contributed by atoms with Crippen LogP contribution in [0.2, 0.25) is 0 Å². The molecule has 26 heavy (non-hydrogen) atoms. The highest BCUT2D eigenvalue weighted by Crippen LogP contribution is 2.27. The number of carbonyl (C=O) groups is 1. The van der Waals surface area contributed by atoms with Crippen LogP contribution in [0.1, 0.15) is 34.1 Å². The first kappa shape index (κ1) is 18.2. The highest BCUT2D eigenvalue weighted by Gasteiger charge is 2.35. The normalized spacial score (nSPS) is 22.5. The zero-order chi connectivity index (χ0) is 19.0. The lowest BCUT2D eigenvalue weighted by Gasteiger charge is -2.17. The molecule has 2 heterocycles. The maximum absolute atomic E-state index is 12.8. The Labute approximate surface area is 148 Å². The Balaban J connectivity index is 2.08. The fraction of sp³-hybridized carbons (Fsp3) is 0.389. The zero-order valence-corrected chi connectivity index (χ0v) is 14.5. The molecule has 8 nitrogen and oxygen atoms in total. The van der Waals surface area contributed by atoms with Gasteiger partial charge in [-0.2, -0.15) is 4.57 Å². The van der Waals surface area contributed by atoms with Crippen LogP contribution in [0.3, 0.4) is 0 Å². The third-order valence-electron chi connectivity index (χ3n) is 4.48. The molecular formula is C18H20N2O6. The van der Waals surface area contributed by atoms with Crippen LogP contribution < -0.4 is 11.2 Å². The molecule has 0 amide bonds. The van der Waals surface area contributed by atoms with E-state index in [9.17, 15) is 24.6 Å². The summed E-state index contributed by atoms with van der Waals surface area (Å²) in [7, 11) is 0. The third kappa shape index (κ3) is 3.14. The molecule has 0 spiro atoms. The van der Waals surface area contributed by atoms with E-state index in [-0.39, 0.29) is 17.5 Å². The largest absolute Gasteiger partial charge is 0.394 e. The lowest BCUT2D eigenvalue weighted by atomic mass is 10.1. The van der Waals surface area contributed by atoms with E-state index < -0.39 is 42.2 Å². The van der Waals surface area contributed by atoms with Gasteiger partial charge < -0.3 is 14.9 Å². The van der Waals surface area contributed by atoms with Crippen LogP contribution >= 0.6 is 0 Å². The van der Waals surface area contributed by atoms with Crippen LogP contribution in [-0.2, 0) is 4.74 Å². The molecular weight excluding hydrogens is 340 g/mol. The molecule has 0 saturated carbocycles. The lowest BCUT2D eigenvalue weighted by Crippen LogP contribution is -2.45. The highest BCUT2D eigenvalue weighted by atomic mass is 16.5. The second-order valence-electron chi connectivity index (χ2n) is 6.43. The zero-order valence-electron chi connectivity index (χ0n) is 14.5. The van der Waals surface area contributed by atoms with Crippen molar-refractivity contribution in [3.63, 3.8) is 0 Å². The molecule has 1 aliphatic rings. The number of hydrogen-bond acceptors (Lipinski definition) is 6. The van der Waals surface area contributed by atoms with Gasteiger partial charge >= 0.3 is 5.69 Å². The highest BCUT2D eigenvalue weighted by molar-refractivity contribution is 5.95. The van der Waals surface area contributed by atoms with Gasteiger partial charge in [0.25, 0.3) is 11.5 Å². The number of benzene rings is 1. The molecule has 1 fully saturated rings. The number of hydrogen-bond donors (Lipinski definition) is 2. The number of aryl methyl sites for hydroxylation is 2. The van der Waals surface area contributed by atoms with E-state index in [1.807, 2.05) is 6.92 Å². The van der Waals surface area contributed by atoms with Gasteiger partial charge in [0, 0.05) is 23.7 Å². The SMILES string of the molecule is Cc1ccc(C(=O)n2c(=O)c(C)cn(C3CC(O)C(CO)O3)c2=O)cc1. The Morgan fingerprint density at radius 2 is 1.88 bits per heavy atom. The molecule has 1 aromatic carbocycles. The molecule has 2 aromatic rings. The number of nitrogens with zero attached hydrogens (tertiary/aromatic N) is 2. The molecule has 1 aliphatic heterocycles. The number of aliphatic hydroxyl groups excluding tert-OH is 2. The number of carbonyl (C=O) groups excluding carboxylic acids is 1. The Kier molecular flexibility index (Phi) is 4.90. The summed E-state index contributed by atoms with van der Waals surface area (Å²) in [6, 6.07) is 6.53. The van der Waals surface area contributed by atoms with E-state index in [0.717, 1.165) is 10.1 Å². The van der Waals surface area contributed by atoms with Gasteiger partial charge in [-0.25, -0.2) is 4.79 Å². The Hall–Kier alpha value is -2.55. The van der Waals surface area contributed by atoms with Crippen LogP contribution in [0, 0.1) is 13.8 Å². The van der Waals surface area contributed by atoms with E-state index in [0.29, 0.717) is 4.57 Å². The predicted molar refractivity (Wildman–Crippen MR) is 92.2 cm³/mol. The molecule has 1 aromatic heterocycles. The van der Waals surface area contributed by atoms with Gasteiger partial charge in [-0.05, 0) is 26.0 Å². The minimum Gasteiger partial charge on any atom is -0.394 e. The van der Waals surface area contributed by atoms with E-state index >= 15 is 0 Å². The van der Waals surface area contributed by atoms with Crippen LogP contribution in [0.5, 0.6) is 0 Å². The molecule has 2 N–H and O–H groups in total. The van der Waals surface area contributed by atoms with Gasteiger partial charge in [-0.15, -0.1) is 0 Å². The fourth-order valence-corrected chi connectivity index (χ4v) is 2.96. The van der Waals surface area contributed by atoms with Gasteiger partial charge in [0.15, 0.2) is 0 Å². The molecule has 1 saturated heterocycles. The average Bonchev–Trinajstić information content (AvgIpc) is 2.99. The average molecular weight is 360 g/mol. The molecule has 0 radical (unpaired) electrons. The fourth-order valence-electron chi connectivity index (χ4n) is 2.96. The maximum atomic E-state index is 12.8. The van der Waals surface area contributed by atoms with E-state index in [2.05, 4.69) is 0 Å². The predicted octanol–water partition coefficient (Wildman–Crippen LogP) is -0.0440. The van der Waals surface area contributed by atoms with Crippen molar-refractivity contribution in [2.75, 3.05) is 6.61 Å². The first-order valence-electron chi connectivity index (χ1n) is 8.24. The summed E-state index contributed by atoms with van der Waals surface area (Å²) >= 11 is 0. The minimum atomic E-state index is -0.939. The van der Waals surface area contributed by atoms with Crippen molar-refractivity contribution in [3.05, 3.63) is 68.0 Å². The lowest BCUT2D eigenvalue weighted by molar-refractivity contribution is -0.0462. The molecule has 0 bridgehead atoms. The van der Waals surface area contributed by atoms with Crippen LogP contribution in [0.25, 0.3) is 0 Å². The van der Waals surface area contributed by atoms with Crippen molar-refractivity contribution in [2.45, 2.75) is 38.7 Å². The van der Waals surface area contributed by atoms with Crippen molar-refractivity contribution >= 4 is 5.91 Å². The number of rotatable bonds is 3. The quantitative estimate of drug-likeness (QED) is 0.794. The van der Waals surface area contributed by atoms with Gasteiger partial charge in [0.2, 0.25) is 0 Å². The Morgan fingerprint density at radius 3 is 2.46 bits per heavy atom. The van der Waals surface area contributed by atoms with E-state index in [1.165, 1.54) is 13.1 Å². The van der Waals surface area contributed by atoms with Crippen LogP contribution in [-0.4, -0.2) is 44.1 Å². The number of aromatic nitrogens is 2. The van der Waals surface area contributed by atoms with Crippen LogP contribution in [0.15, 0.2) is 40.1 Å². The van der Waals surface area contributed by atoms with Gasteiger partial charge in [0.1, 0.15) is 12.3 Å². The summed E-state index contributed by atoms with van der Waals surface area (Å²) in [6.45, 7) is 2.96. The third-order valence-corrected chi connectivity index (χ3v) is 4.48. The summed E-state index contributed by atoms with van der Waals surface area (Å²) in [6.07, 6.45) is -1.25. The van der Waals surface area contributed by atoms with Gasteiger partial charge in [0.05, 0.1) is 12.7 Å². The number of aliphatic hydroxyl groups is 2. The monoisotopic (exact) mass is 360 g/mol. The first-order valence-corrected chi connectivity index (χ1v) is 8.24. The molecule has 3 rings (SSSR count). The van der Waals surface area contributed by atoms with E-state index in [4.69, 9.17) is 4.74 Å². The number of ether oxygens (including phenoxy) is 1. The van der Waals surface area contributed by atoms with Gasteiger partial charge in [-0.1, -0.05) is 17.7 Å². The van der Waals surface area contributed by atoms with E-state index in [1.54, 1.807) is 24.3 Å². The first-order chi connectivity index (χ1) is 12.3. The Bertz CT molecular complexity index is 944. The Morgan fingerprint density at radius 1 is 1.23 bits per heavy atom. The second kappa shape index (κ2) is 6.99. The topological polar surface area (TPSA) is 111 Å². The van der Waals surface area contributed by atoms with Crippen molar-refractivity contribution in [3.8, 4) is 0 Å². The summed E-state index contributed by atoms with van der Waals surface area (Å²) in [5.74, 6) is -0.727. The summed E-state index contributed by atoms with van der Waals surface area (Å²) in [5, 5.41) is 19.1. The summed E-state index contributed by atoms with van der Waals surface area (Å²) in [5.41, 5.74) is -0.196.